The summed E-state index contributed by atoms with van der Waals surface area (Å²) in [7, 11) is 5.39. The number of benzene rings is 1. The Kier molecular flexibility index (Phi) is 4.47. The van der Waals surface area contributed by atoms with Crippen molar-refractivity contribution in [3.8, 4) is 0 Å². The topological polar surface area (TPSA) is 64.7 Å². The molecule has 1 heterocycles. The van der Waals surface area contributed by atoms with Crippen molar-refractivity contribution >= 4 is 23.2 Å². The first-order valence-corrected chi connectivity index (χ1v) is 6.99. The number of likely N-dealkylation sites (N-methyl/N-ethyl adjacent to an activating group) is 2. The predicted octanol–water partition coefficient (Wildman–Crippen LogP) is 0.510. The molecule has 2 unspecified atom stereocenters. The summed E-state index contributed by atoms with van der Waals surface area (Å²) in [4.78, 5) is 28.0. The number of hydrogen-bond acceptors (Lipinski definition) is 4. The van der Waals surface area contributed by atoms with E-state index in [1.165, 1.54) is 0 Å². The van der Waals surface area contributed by atoms with Gasteiger partial charge in [0.2, 0.25) is 5.91 Å². The fourth-order valence-corrected chi connectivity index (χ4v) is 2.21. The molecule has 0 saturated heterocycles. The Labute approximate surface area is 125 Å². The largest absolute Gasteiger partial charge is 0.381 e. The summed E-state index contributed by atoms with van der Waals surface area (Å²) in [6.45, 7) is 2.19. The van der Waals surface area contributed by atoms with E-state index in [1.807, 2.05) is 50.2 Å². The molecule has 0 radical (unpaired) electrons. The van der Waals surface area contributed by atoms with Crippen molar-refractivity contribution < 1.29 is 9.59 Å². The first-order valence-electron chi connectivity index (χ1n) is 6.99. The predicted molar refractivity (Wildman–Crippen MR) is 83.4 cm³/mol. The third-order valence-electron chi connectivity index (χ3n) is 3.86. The number of carbonyl (C=O) groups excluding carboxylic acids is 2. The van der Waals surface area contributed by atoms with E-state index in [2.05, 4.69) is 10.6 Å². The van der Waals surface area contributed by atoms with Gasteiger partial charge >= 0.3 is 0 Å². The van der Waals surface area contributed by atoms with Gasteiger partial charge < -0.3 is 15.5 Å². The normalized spacial score (nSPS) is 19.6. The fourth-order valence-electron chi connectivity index (χ4n) is 2.21. The summed E-state index contributed by atoms with van der Waals surface area (Å²) in [6.07, 6.45) is 0. The number of fused-ring (bicyclic) bond motifs is 1. The van der Waals surface area contributed by atoms with Gasteiger partial charge in [0.05, 0.1) is 17.4 Å². The summed E-state index contributed by atoms with van der Waals surface area (Å²) in [5.41, 5.74) is 1.71. The minimum atomic E-state index is -0.572. The Bertz CT molecular complexity index is 544. The molecular weight excluding hydrogens is 268 g/mol. The third kappa shape index (κ3) is 3.16. The maximum absolute atomic E-state index is 12.5. The van der Waals surface area contributed by atoms with Gasteiger partial charge in [-0.1, -0.05) is 12.1 Å². The molecular formula is C15H22N4O2. The van der Waals surface area contributed by atoms with E-state index >= 15 is 0 Å². The van der Waals surface area contributed by atoms with Crippen molar-refractivity contribution in [2.75, 3.05) is 37.9 Å². The van der Waals surface area contributed by atoms with Gasteiger partial charge in [0.25, 0.3) is 5.91 Å². The summed E-state index contributed by atoms with van der Waals surface area (Å²) in [6, 6.07) is 6.75. The molecule has 0 aromatic heterocycles. The van der Waals surface area contributed by atoms with Crippen LogP contribution in [0.15, 0.2) is 24.3 Å². The molecule has 0 spiro atoms. The Hall–Kier alpha value is -2.08. The lowest BCUT2D eigenvalue weighted by molar-refractivity contribution is -0.129. The van der Waals surface area contributed by atoms with Crippen molar-refractivity contribution in [1.29, 1.82) is 0 Å². The third-order valence-corrected chi connectivity index (χ3v) is 3.86. The lowest BCUT2D eigenvalue weighted by atomic mass is 10.2. The molecule has 1 aromatic rings. The van der Waals surface area contributed by atoms with Crippen LogP contribution in [-0.4, -0.2) is 56.5 Å². The molecule has 2 N–H and O–H groups in total. The lowest BCUT2D eigenvalue weighted by Crippen LogP contribution is -2.53. The van der Waals surface area contributed by atoms with E-state index in [4.69, 9.17) is 0 Å². The summed E-state index contributed by atoms with van der Waals surface area (Å²) in [5, 5.41) is 6.04. The summed E-state index contributed by atoms with van der Waals surface area (Å²) in [5.74, 6) is -0.272. The first-order chi connectivity index (χ1) is 9.91. The molecule has 0 saturated carbocycles. The van der Waals surface area contributed by atoms with E-state index in [0.29, 0.717) is 6.54 Å². The number of para-hydroxylation sites is 2. The van der Waals surface area contributed by atoms with Gasteiger partial charge in [0.15, 0.2) is 0 Å². The number of hydrogen-bond donors (Lipinski definition) is 2. The van der Waals surface area contributed by atoms with Gasteiger partial charge in [0, 0.05) is 13.6 Å². The monoisotopic (exact) mass is 290 g/mol. The van der Waals surface area contributed by atoms with Crippen LogP contribution < -0.4 is 15.5 Å². The van der Waals surface area contributed by atoms with Gasteiger partial charge in [-0.15, -0.1) is 0 Å². The van der Waals surface area contributed by atoms with Crippen LogP contribution in [0, 0.1) is 0 Å². The van der Waals surface area contributed by atoms with E-state index in [-0.39, 0.29) is 17.9 Å². The van der Waals surface area contributed by atoms with Gasteiger partial charge in [-0.05, 0) is 33.2 Å². The van der Waals surface area contributed by atoms with E-state index in [9.17, 15) is 9.59 Å². The van der Waals surface area contributed by atoms with Gasteiger partial charge in [0.1, 0.15) is 6.04 Å². The first kappa shape index (κ1) is 15.3. The number of anilines is 2. The van der Waals surface area contributed by atoms with Crippen LogP contribution >= 0.6 is 0 Å². The maximum Gasteiger partial charge on any atom is 0.251 e. The molecule has 1 aliphatic heterocycles. The van der Waals surface area contributed by atoms with Crippen LogP contribution in [0.25, 0.3) is 0 Å². The molecule has 0 bridgehead atoms. The SMILES string of the molecule is CC(C(=O)NC1CNc2ccccc2N(C)C1=O)N(C)C. The van der Waals surface area contributed by atoms with Crippen LogP contribution in [0.5, 0.6) is 0 Å². The van der Waals surface area contributed by atoms with Crippen LogP contribution in [-0.2, 0) is 9.59 Å². The second kappa shape index (κ2) is 6.13. The van der Waals surface area contributed by atoms with Crippen LogP contribution in [0.2, 0.25) is 0 Å². The van der Waals surface area contributed by atoms with Crippen molar-refractivity contribution in [3.63, 3.8) is 0 Å². The molecule has 2 rings (SSSR count). The van der Waals surface area contributed by atoms with E-state index < -0.39 is 6.04 Å². The zero-order valence-electron chi connectivity index (χ0n) is 12.9. The van der Waals surface area contributed by atoms with Gasteiger partial charge in [-0.3, -0.25) is 14.5 Å². The Balaban J connectivity index is 2.14. The number of nitrogens with one attached hydrogen (secondary N) is 2. The van der Waals surface area contributed by atoms with Crippen molar-refractivity contribution in [1.82, 2.24) is 10.2 Å². The summed E-state index contributed by atoms with van der Waals surface area (Å²) >= 11 is 0. The zero-order valence-corrected chi connectivity index (χ0v) is 12.9. The highest BCUT2D eigenvalue weighted by Gasteiger charge is 2.30. The van der Waals surface area contributed by atoms with Crippen molar-refractivity contribution in [2.45, 2.75) is 19.0 Å². The molecule has 6 nitrogen and oxygen atoms in total. The second-order valence-corrected chi connectivity index (χ2v) is 5.50. The maximum atomic E-state index is 12.5. The second-order valence-electron chi connectivity index (χ2n) is 5.50. The molecule has 6 heteroatoms. The summed E-state index contributed by atoms with van der Waals surface area (Å²) < 4.78 is 0. The Morgan fingerprint density at radius 1 is 1.43 bits per heavy atom. The average molecular weight is 290 g/mol. The van der Waals surface area contributed by atoms with E-state index in [1.54, 1.807) is 11.9 Å². The molecule has 1 aliphatic rings. The van der Waals surface area contributed by atoms with Crippen LogP contribution in [0.4, 0.5) is 11.4 Å². The van der Waals surface area contributed by atoms with E-state index in [0.717, 1.165) is 11.4 Å². The molecule has 114 valence electrons. The Morgan fingerprint density at radius 3 is 2.76 bits per heavy atom. The lowest BCUT2D eigenvalue weighted by Gasteiger charge is -2.24. The smallest absolute Gasteiger partial charge is 0.251 e. The fraction of sp³-hybridized carbons (Fsp3) is 0.467. The average Bonchev–Trinajstić information content (AvgIpc) is 2.59. The minimum absolute atomic E-state index is 0.119. The number of nitrogens with zero attached hydrogens (tertiary/aromatic N) is 2. The Morgan fingerprint density at radius 2 is 2.10 bits per heavy atom. The van der Waals surface area contributed by atoms with Crippen molar-refractivity contribution in [2.24, 2.45) is 0 Å². The van der Waals surface area contributed by atoms with Gasteiger partial charge in [-0.25, -0.2) is 0 Å². The minimum Gasteiger partial charge on any atom is -0.381 e. The molecule has 0 aliphatic carbocycles. The van der Waals surface area contributed by atoms with Crippen molar-refractivity contribution in [3.05, 3.63) is 24.3 Å². The highest BCUT2D eigenvalue weighted by atomic mass is 16.2. The number of amides is 2. The molecule has 2 atom stereocenters. The van der Waals surface area contributed by atoms with Gasteiger partial charge in [-0.2, -0.15) is 0 Å². The molecule has 1 aromatic carbocycles. The highest BCUT2D eigenvalue weighted by molar-refractivity contribution is 6.03. The number of rotatable bonds is 3. The number of carbonyl (C=O) groups is 2. The molecule has 2 amide bonds. The van der Waals surface area contributed by atoms with Crippen LogP contribution in [0.3, 0.4) is 0 Å². The van der Waals surface area contributed by atoms with Crippen LogP contribution in [0.1, 0.15) is 6.92 Å². The standard InChI is InChI=1S/C15H22N4O2/c1-10(18(2)3)14(20)17-12-9-16-11-7-5-6-8-13(11)19(4)15(12)21/h5-8,10,12,16H,9H2,1-4H3,(H,17,20). The zero-order chi connectivity index (χ0) is 15.6. The quantitative estimate of drug-likeness (QED) is 0.851. The molecule has 21 heavy (non-hydrogen) atoms. The highest BCUT2D eigenvalue weighted by Crippen LogP contribution is 2.27. The molecule has 0 fully saturated rings.